The molecular weight excluding hydrogens is 252 g/mol. The first-order valence-electron chi connectivity index (χ1n) is 6.14. The molecule has 0 aromatic heterocycles. The van der Waals surface area contributed by atoms with Crippen molar-refractivity contribution in [2.24, 2.45) is 5.92 Å². The van der Waals surface area contributed by atoms with Crippen molar-refractivity contribution in [3.63, 3.8) is 0 Å². The molecule has 3 N–H and O–H groups in total. The van der Waals surface area contributed by atoms with E-state index in [-0.39, 0.29) is 0 Å². The summed E-state index contributed by atoms with van der Waals surface area (Å²) < 4.78 is 0. The molecule has 1 saturated heterocycles. The van der Waals surface area contributed by atoms with Crippen LogP contribution in [-0.4, -0.2) is 18.8 Å². The molecule has 1 atom stereocenters. The minimum atomic E-state index is 0.788. The zero-order chi connectivity index (χ0) is 12.1. The predicted molar refractivity (Wildman–Crippen MR) is 76.8 cm³/mol. The molecule has 2 rings (SSSR count). The fourth-order valence-corrected chi connectivity index (χ4v) is 3.51. The zero-order valence-corrected chi connectivity index (χ0v) is 11.5. The maximum atomic E-state index is 6.13. The summed E-state index contributed by atoms with van der Waals surface area (Å²) in [4.78, 5) is 1.11. The number of thioether (sulfide) groups is 1. The van der Waals surface area contributed by atoms with Crippen LogP contribution in [0.25, 0.3) is 0 Å². The second-order valence-corrected chi connectivity index (χ2v) is 6.08. The Hall–Kier alpha value is -0.380. The minimum Gasteiger partial charge on any atom is -0.399 e. The molecule has 1 fully saturated rings. The van der Waals surface area contributed by atoms with Crippen molar-refractivity contribution in [2.75, 3.05) is 24.6 Å². The number of nitrogens with one attached hydrogen (secondary N) is 1. The SMILES string of the molecule is Nc1ccc(Cl)c(SCCC2CCCNC2)c1. The lowest BCUT2D eigenvalue weighted by atomic mass is 9.97. The van der Waals surface area contributed by atoms with Crippen molar-refractivity contribution in [1.82, 2.24) is 5.32 Å². The maximum Gasteiger partial charge on any atom is 0.0543 e. The van der Waals surface area contributed by atoms with Crippen molar-refractivity contribution in [3.8, 4) is 0 Å². The number of hydrogen-bond donors (Lipinski definition) is 2. The summed E-state index contributed by atoms with van der Waals surface area (Å²) in [6, 6.07) is 5.69. The van der Waals surface area contributed by atoms with Crippen molar-refractivity contribution in [3.05, 3.63) is 23.2 Å². The van der Waals surface area contributed by atoms with Gasteiger partial charge in [-0.3, -0.25) is 0 Å². The van der Waals surface area contributed by atoms with E-state index >= 15 is 0 Å². The van der Waals surface area contributed by atoms with E-state index in [9.17, 15) is 0 Å². The van der Waals surface area contributed by atoms with Crippen molar-refractivity contribution < 1.29 is 0 Å². The monoisotopic (exact) mass is 270 g/mol. The maximum absolute atomic E-state index is 6.13. The first kappa shape index (κ1) is 13.1. The Morgan fingerprint density at radius 1 is 1.47 bits per heavy atom. The highest BCUT2D eigenvalue weighted by molar-refractivity contribution is 7.99. The predicted octanol–water partition coefficient (Wildman–Crippen LogP) is 3.40. The molecule has 4 heteroatoms. The second kappa shape index (κ2) is 6.53. The molecule has 1 heterocycles. The topological polar surface area (TPSA) is 38.0 Å². The molecule has 0 aliphatic carbocycles. The van der Waals surface area contributed by atoms with Gasteiger partial charge >= 0.3 is 0 Å². The molecule has 17 heavy (non-hydrogen) atoms. The molecule has 0 radical (unpaired) electrons. The van der Waals surface area contributed by atoms with E-state index in [4.69, 9.17) is 17.3 Å². The molecule has 1 aliphatic rings. The number of benzene rings is 1. The lowest BCUT2D eigenvalue weighted by Gasteiger charge is -2.22. The number of rotatable bonds is 4. The summed E-state index contributed by atoms with van der Waals surface area (Å²) in [5.41, 5.74) is 6.55. The Labute approximate surface area is 112 Å². The van der Waals surface area contributed by atoms with Crippen molar-refractivity contribution >= 4 is 29.1 Å². The highest BCUT2D eigenvalue weighted by Crippen LogP contribution is 2.30. The van der Waals surface area contributed by atoms with Crippen LogP contribution in [0.2, 0.25) is 5.02 Å². The van der Waals surface area contributed by atoms with Crippen LogP contribution in [0.5, 0.6) is 0 Å². The van der Waals surface area contributed by atoms with Gasteiger partial charge in [0.25, 0.3) is 0 Å². The van der Waals surface area contributed by atoms with Crippen LogP contribution in [0, 0.1) is 5.92 Å². The first-order valence-corrected chi connectivity index (χ1v) is 7.50. The van der Waals surface area contributed by atoms with Gasteiger partial charge in [0.15, 0.2) is 0 Å². The fourth-order valence-electron chi connectivity index (χ4n) is 2.14. The van der Waals surface area contributed by atoms with Gasteiger partial charge in [-0.2, -0.15) is 0 Å². The summed E-state index contributed by atoms with van der Waals surface area (Å²) in [7, 11) is 0. The van der Waals surface area contributed by atoms with Gasteiger partial charge < -0.3 is 11.1 Å². The lowest BCUT2D eigenvalue weighted by Crippen LogP contribution is -2.29. The van der Waals surface area contributed by atoms with Crippen LogP contribution in [0.4, 0.5) is 5.69 Å². The lowest BCUT2D eigenvalue weighted by molar-refractivity contribution is 0.371. The highest BCUT2D eigenvalue weighted by Gasteiger charge is 2.12. The van der Waals surface area contributed by atoms with E-state index in [0.717, 1.165) is 27.3 Å². The largest absolute Gasteiger partial charge is 0.399 e. The standard InChI is InChI=1S/C13H19ClN2S/c14-12-4-3-11(15)8-13(12)17-7-5-10-2-1-6-16-9-10/h3-4,8,10,16H,1-2,5-7,9,15H2. The normalized spacial score (nSPS) is 20.4. The summed E-state index contributed by atoms with van der Waals surface area (Å²) in [6.45, 7) is 2.36. The Morgan fingerprint density at radius 2 is 2.35 bits per heavy atom. The number of halogens is 1. The molecule has 0 saturated carbocycles. The van der Waals surface area contributed by atoms with Crippen LogP contribution in [0.15, 0.2) is 23.1 Å². The van der Waals surface area contributed by atoms with E-state index in [2.05, 4.69) is 5.32 Å². The molecule has 0 bridgehead atoms. The van der Waals surface area contributed by atoms with Gasteiger partial charge in [0.2, 0.25) is 0 Å². The van der Waals surface area contributed by atoms with E-state index in [1.807, 2.05) is 30.0 Å². The van der Waals surface area contributed by atoms with E-state index < -0.39 is 0 Å². The number of anilines is 1. The van der Waals surface area contributed by atoms with Crippen LogP contribution in [0.1, 0.15) is 19.3 Å². The third kappa shape index (κ3) is 4.09. The molecule has 0 amide bonds. The average Bonchev–Trinajstić information content (AvgIpc) is 2.35. The Balaban J connectivity index is 1.79. The van der Waals surface area contributed by atoms with E-state index in [1.54, 1.807) is 0 Å². The van der Waals surface area contributed by atoms with Crippen LogP contribution in [-0.2, 0) is 0 Å². The highest BCUT2D eigenvalue weighted by atomic mass is 35.5. The minimum absolute atomic E-state index is 0.788. The molecular formula is C13H19ClN2S. The first-order chi connectivity index (χ1) is 8.25. The van der Waals surface area contributed by atoms with E-state index in [1.165, 1.54) is 32.4 Å². The van der Waals surface area contributed by atoms with Crippen LogP contribution < -0.4 is 11.1 Å². The second-order valence-electron chi connectivity index (χ2n) is 4.54. The number of hydrogen-bond acceptors (Lipinski definition) is 3. The van der Waals surface area contributed by atoms with Gasteiger partial charge in [0, 0.05) is 10.6 Å². The van der Waals surface area contributed by atoms with Crippen molar-refractivity contribution in [2.45, 2.75) is 24.2 Å². The average molecular weight is 271 g/mol. The number of nitrogens with two attached hydrogens (primary N) is 1. The summed E-state index contributed by atoms with van der Waals surface area (Å²) in [5.74, 6) is 1.95. The molecule has 1 unspecified atom stereocenters. The molecule has 2 nitrogen and oxygen atoms in total. The van der Waals surface area contributed by atoms with Gasteiger partial charge in [-0.25, -0.2) is 0 Å². The van der Waals surface area contributed by atoms with Gasteiger partial charge in [-0.15, -0.1) is 11.8 Å². The van der Waals surface area contributed by atoms with E-state index in [0.29, 0.717) is 0 Å². The molecule has 0 spiro atoms. The van der Waals surface area contributed by atoms with Crippen molar-refractivity contribution in [1.29, 1.82) is 0 Å². The quantitative estimate of drug-likeness (QED) is 0.651. The van der Waals surface area contributed by atoms with Gasteiger partial charge in [-0.1, -0.05) is 11.6 Å². The Bertz CT molecular complexity index is 364. The van der Waals surface area contributed by atoms with Gasteiger partial charge in [0.05, 0.1) is 5.02 Å². The molecule has 1 aromatic carbocycles. The van der Waals surface area contributed by atoms with Gasteiger partial charge in [0.1, 0.15) is 0 Å². The molecule has 94 valence electrons. The third-order valence-electron chi connectivity index (χ3n) is 3.14. The van der Waals surface area contributed by atoms with Crippen LogP contribution >= 0.6 is 23.4 Å². The fraction of sp³-hybridized carbons (Fsp3) is 0.538. The smallest absolute Gasteiger partial charge is 0.0543 e. The summed E-state index contributed by atoms with van der Waals surface area (Å²) in [5, 5.41) is 4.26. The summed E-state index contributed by atoms with van der Waals surface area (Å²) in [6.07, 6.45) is 3.93. The Morgan fingerprint density at radius 3 is 3.12 bits per heavy atom. The van der Waals surface area contributed by atoms with Gasteiger partial charge in [-0.05, 0) is 62.2 Å². The number of nitrogen functional groups attached to an aromatic ring is 1. The number of piperidine rings is 1. The Kier molecular flexibility index (Phi) is 5.01. The zero-order valence-electron chi connectivity index (χ0n) is 9.92. The molecule has 1 aromatic rings. The molecule has 1 aliphatic heterocycles. The summed E-state index contributed by atoms with van der Waals surface area (Å²) >= 11 is 7.94. The van der Waals surface area contributed by atoms with Crippen LogP contribution in [0.3, 0.4) is 0 Å². The third-order valence-corrected chi connectivity index (χ3v) is 4.67.